The second-order valence-corrected chi connectivity index (χ2v) is 5.49. The molecule has 16 heavy (non-hydrogen) atoms. The fraction of sp³-hybridized carbons (Fsp3) is 0.400. The van der Waals surface area contributed by atoms with Crippen molar-refractivity contribution >= 4 is 39.1 Å². The number of carboxylic acid groups (broad SMARTS) is 1. The lowest BCUT2D eigenvalue weighted by atomic mass is 10.0. The summed E-state index contributed by atoms with van der Waals surface area (Å²) in [5, 5.41) is 13.2. The van der Waals surface area contributed by atoms with Crippen molar-refractivity contribution in [2.75, 3.05) is 0 Å². The number of aliphatic carboxylic acids is 1. The van der Waals surface area contributed by atoms with E-state index in [1.54, 1.807) is 25.3 Å². The maximum atomic E-state index is 11.7. The Labute approximate surface area is 106 Å². The van der Waals surface area contributed by atoms with E-state index in [4.69, 9.17) is 5.11 Å². The topological polar surface area (TPSA) is 66.4 Å². The quantitative estimate of drug-likeness (QED) is 0.897. The summed E-state index contributed by atoms with van der Waals surface area (Å²) >= 11 is 4.51. The Morgan fingerprint density at radius 2 is 2.12 bits per heavy atom. The van der Waals surface area contributed by atoms with Gasteiger partial charge >= 0.3 is 5.97 Å². The number of halogens is 1. The number of hydrogen-bond donors (Lipinski definition) is 2. The maximum Gasteiger partial charge on any atom is 0.326 e. The SMILES string of the molecule is CC(C)[C@H](NC(=O)c1cc(Br)cs1)C(=O)O. The molecule has 0 aliphatic carbocycles. The molecule has 2 N–H and O–H groups in total. The van der Waals surface area contributed by atoms with Crippen LogP contribution in [0.4, 0.5) is 0 Å². The average molecular weight is 306 g/mol. The molecule has 0 aliphatic rings. The summed E-state index contributed by atoms with van der Waals surface area (Å²) in [5.41, 5.74) is 0. The Morgan fingerprint density at radius 1 is 1.50 bits per heavy atom. The van der Waals surface area contributed by atoms with Crippen LogP contribution >= 0.6 is 27.3 Å². The predicted molar refractivity (Wildman–Crippen MR) is 65.7 cm³/mol. The van der Waals surface area contributed by atoms with E-state index >= 15 is 0 Å². The van der Waals surface area contributed by atoms with Gasteiger partial charge in [-0.05, 0) is 27.9 Å². The summed E-state index contributed by atoms with van der Waals surface area (Å²) < 4.78 is 0.819. The van der Waals surface area contributed by atoms with Gasteiger partial charge < -0.3 is 10.4 Å². The van der Waals surface area contributed by atoms with Crippen LogP contribution in [0.25, 0.3) is 0 Å². The first kappa shape index (κ1) is 13.2. The zero-order valence-electron chi connectivity index (χ0n) is 8.86. The Hall–Kier alpha value is -0.880. The molecule has 1 aromatic rings. The van der Waals surface area contributed by atoms with Gasteiger partial charge in [-0.15, -0.1) is 11.3 Å². The lowest BCUT2D eigenvalue weighted by Gasteiger charge is -2.17. The predicted octanol–water partition coefficient (Wildman–Crippen LogP) is 2.35. The third-order valence-electron chi connectivity index (χ3n) is 2.01. The number of rotatable bonds is 4. The highest BCUT2D eigenvalue weighted by atomic mass is 79.9. The molecule has 4 nitrogen and oxygen atoms in total. The van der Waals surface area contributed by atoms with E-state index in [9.17, 15) is 9.59 Å². The van der Waals surface area contributed by atoms with Crippen molar-refractivity contribution in [3.8, 4) is 0 Å². The molecule has 0 aromatic carbocycles. The summed E-state index contributed by atoms with van der Waals surface area (Å²) in [6.45, 7) is 3.51. The summed E-state index contributed by atoms with van der Waals surface area (Å²) in [6, 6.07) is 0.813. The summed E-state index contributed by atoms with van der Waals surface area (Å²) in [6.07, 6.45) is 0. The fourth-order valence-corrected chi connectivity index (χ4v) is 2.49. The van der Waals surface area contributed by atoms with E-state index in [-0.39, 0.29) is 11.8 Å². The van der Waals surface area contributed by atoms with Gasteiger partial charge in [0.15, 0.2) is 0 Å². The molecule has 1 aromatic heterocycles. The summed E-state index contributed by atoms with van der Waals surface area (Å²) in [7, 11) is 0. The first-order chi connectivity index (χ1) is 7.41. The number of nitrogens with one attached hydrogen (secondary N) is 1. The molecule has 1 atom stereocenters. The lowest BCUT2D eigenvalue weighted by molar-refractivity contribution is -0.140. The molecule has 1 amide bonds. The molecule has 6 heteroatoms. The van der Waals surface area contributed by atoms with Crippen LogP contribution < -0.4 is 5.32 Å². The number of carboxylic acids is 1. The minimum absolute atomic E-state index is 0.148. The highest BCUT2D eigenvalue weighted by Crippen LogP contribution is 2.19. The van der Waals surface area contributed by atoms with Gasteiger partial charge in [0.05, 0.1) is 4.88 Å². The molecule has 1 rings (SSSR count). The van der Waals surface area contributed by atoms with Gasteiger partial charge in [0.25, 0.3) is 5.91 Å². The number of carbonyl (C=O) groups is 2. The van der Waals surface area contributed by atoms with Crippen LogP contribution in [0.2, 0.25) is 0 Å². The van der Waals surface area contributed by atoms with Crippen LogP contribution in [0.5, 0.6) is 0 Å². The molecule has 0 fully saturated rings. The smallest absolute Gasteiger partial charge is 0.326 e. The van der Waals surface area contributed by atoms with E-state index in [2.05, 4.69) is 21.2 Å². The average Bonchev–Trinajstić information content (AvgIpc) is 2.59. The minimum atomic E-state index is -1.01. The van der Waals surface area contributed by atoms with Crippen LogP contribution in [-0.4, -0.2) is 23.0 Å². The number of amides is 1. The molecule has 1 heterocycles. The van der Waals surface area contributed by atoms with Gasteiger partial charge in [0.2, 0.25) is 0 Å². The van der Waals surface area contributed by atoms with Crippen molar-refractivity contribution in [1.82, 2.24) is 5.32 Å². The number of thiophene rings is 1. The van der Waals surface area contributed by atoms with E-state index < -0.39 is 12.0 Å². The van der Waals surface area contributed by atoms with Gasteiger partial charge in [-0.25, -0.2) is 4.79 Å². The first-order valence-electron chi connectivity index (χ1n) is 4.69. The first-order valence-corrected chi connectivity index (χ1v) is 6.36. The largest absolute Gasteiger partial charge is 0.480 e. The Morgan fingerprint density at radius 3 is 2.50 bits per heavy atom. The van der Waals surface area contributed by atoms with Crippen molar-refractivity contribution in [1.29, 1.82) is 0 Å². The van der Waals surface area contributed by atoms with Crippen molar-refractivity contribution < 1.29 is 14.7 Å². The van der Waals surface area contributed by atoms with Gasteiger partial charge in [-0.3, -0.25) is 4.79 Å². The van der Waals surface area contributed by atoms with Crippen LogP contribution in [0, 0.1) is 5.92 Å². The third kappa shape index (κ3) is 3.31. The maximum absolute atomic E-state index is 11.7. The number of carbonyl (C=O) groups excluding carboxylic acids is 1. The van der Waals surface area contributed by atoms with Crippen molar-refractivity contribution in [3.05, 3.63) is 20.8 Å². The standard InChI is InChI=1S/C10H12BrNO3S/c1-5(2)8(10(14)15)12-9(13)7-3-6(11)4-16-7/h3-5,8H,1-2H3,(H,12,13)(H,14,15)/t8-/m0/s1. The van der Waals surface area contributed by atoms with Gasteiger partial charge in [-0.1, -0.05) is 13.8 Å². The van der Waals surface area contributed by atoms with Crippen molar-refractivity contribution in [3.63, 3.8) is 0 Å². The zero-order chi connectivity index (χ0) is 12.3. The Kier molecular flexibility index (Phi) is 4.49. The van der Waals surface area contributed by atoms with Crippen LogP contribution in [0.15, 0.2) is 15.9 Å². The fourth-order valence-electron chi connectivity index (χ4n) is 1.16. The van der Waals surface area contributed by atoms with Crippen LogP contribution in [-0.2, 0) is 4.79 Å². The van der Waals surface area contributed by atoms with Crippen molar-refractivity contribution in [2.24, 2.45) is 5.92 Å². The molecule has 0 bridgehead atoms. The van der Waals surface area contributed by atoms with Gasteiger partial charge in [0, 0.05) is 9.85 Å². The lowest BCUT2D eigenvalue weighted by Crippen LogP contribution is -2.44. The van der Waals surface area contributed by atoms with E-state index in [0.29, 0.717) is 4.88 Å². The monoisotopic (exact) mass is 305 g/mol. The van der Waals surface area contributed by atoms with Crippen molar-refractivity contribution in [2.45, 2.75) is 19.9 Å². The summed E-state index contributed by atoms with van der Waals surface area (Å²) in [5.74, 6) is -1.51. The molecule has 0 aliphatic heterocycles. The van der Waals surface area contributed by atoms with Crippen LogP contribution in [0.3, 0.4) is 0 Å². The molecule has 88 valence electrons. The minimum Gasteiger partial charge on any atom is -0.480 e. The van der Waals surface area contributed by atoms with E-state index in [1.807, 2.05) is 0 Å². The second kappa shape index (κ2) is 5.45. The van der Waals surface area contributed by atoms with Gasteiger partial charge in [-0.2, -0.15) is 0 Å². The summed E-state index contributed by atoms with van der Waals surface area (Å²) in [4.78, 5) is 23.1. The van der Waals surface area contributed by atoms with E-state index in [0.717, 1.165) is 4.47 Å². The van der Waals surface area contributed by atoms with Crippen LogP contribution in [0.1, 0.15) is 23.5 Å². The molecular formula is C10H12BrNO3S. The molecule has 0 radical (unpaired) electrons. The normalized spacial score (nSPS) is 12.5. The molecule has 0 unspecified atom stereocenters. The molecule has 0 saturated carbocycles. The van der Waals surface area contributed by atoms with E-state index in [1.165, 1.54) is 11.3 Å². The molecular weight excluding hydrogens is 294 g/mol. The zero-order valence-corrected chi connectivity index (χ0v) is 11.3. The third-order valence-corrected chi connectivity index (χ3v) is 3.70. The molecule has 0 saturated heterocycles. The van der Waals surface area contributed by atoms with Gasteiger partial charge in [0.1, 0.15) is 6.04 Å². The molecule has 0 spiro atoms. The number of hydrogen-bond acceptors (Lipinski definition) is 3. The Balaban J connectivity index is 2.73. The highest BCUT2D eigenvalue weighted by molar-refractivity contribution is 9.10. The second-order valence-electron chi connectivity index (χ2n) is 3.66. The highest BCUT2D eigenvalue weighted by Gasteiger charge is 2.24. The Bertz CT molecular complexity index is 403.